The number of carbonyl (C=O) groups is 2. The molecule has 1 aromatic carbocycles. The number of halogens is 1. The SMILES string of the molecule is CC(C)(C)C(=O)OCOC(=O)[C@H](c1ccccc1Cl)N1CCc2sccc2C1. The van der Waals surface area contributed by atoms with Gasteiger partial charge in [0.1, 0.15) is 6.04 Å². The third-order valence-corrected chi connectivity index (χ3v) is 6.00. The minimum atomic E-state index is -0.657. The van der Waals surface area contributed by atoms with Crippen LogP contribution in [-0.4, -0.2) is 30.2 Å². The lowest BCUT2D eigenvalue weighted by Gasteiger charge is -2.33. The van der Waals surface area contributed by atoms with Crippen molar-refractivity contribution in [2.75, 3.05) is 13.3 Å². The summed E-state index contributed by atoms with van der Waals surface area (Å²) >= 11 is 8.13. The highest BCUT2D eigenvalue weighted by atomic mass is 35.5. The molecule has 3 rings (SSSR count). The van der Waals surface area contributed by atoms with Crippen LogP contribution in [0.1, 0.15) is 42.8 Å². The highest BCUT2D eigenvalue weighted by Gasteiger charge is 2.33. The Bertz CT molecular complexity index is 858. The lowest BCUT2D eigenvalue weighted by molar-refractivity contribution is -0.176. The minimum Gasteiger partial charge on any atom is -0.427 e. The molecule has 0 amide bonds. The van der Waals surface area contributed by atoms with Gasteiger partial charge in [-0.25, -0.2) is 4.79 Å². The van der Waals surface area contributed by atoms with Crippen LogP contribution in [0.15, 0.2) is 35.7 Å². The van der Waals surface area contributed by atoms with Gasteiger partial charge < -0.3 is 9.47 Å². The van der Waals surface area contributed by atoms with Gasteiger partial charge in [-0.15, -0.1) is 11.3 Å². The van der Waals surface area contributed by atoms with Gasteiger partial charge in [0.2, 0.25) is 6.79 Å². The van der Waals surface area contributed by atoms with Crippen molar-refractivity contribution in [3.63, 3.8) is 0 Å². The van der Waals surface area contributed by atoms with Crippen LogP contribution in [0.2, 0.25) is 5.02 Å². The van der Waals surface area contributed by atoms with Gasteiger partial charge in [0.15, 0.2) is 0 Å². The lowest BCUT2D eigenvalue weighted by atomic mass is 9.98. The molecule has 2 heterocycles. The molecule has 7 heteroatoms. The van der Waals surface area contributed by atoms with Gasteiger partial charge in [-0.2, -0.15) is 0 Å². The minimum absolute atomic E-state index is 0.409. The Morgan fingerprint density at radius 2 is 1.96 bits per heavy atom. The van der Waals surface area contributed by atoms with Crippen molar-refractivity contribution in [1.29, 1.82) is 0 Å². The molecule has 0 saturated carbocycles. The molecule has 0 saturated heterocycles. The van der Waals surface area contributed by atoms with Crippen molar-refractivity contribution in [3.05, 3.63) is 56.7 Å². The molecule has 0 aliphatic carbocycles. The quantitative estimate of drug-likeness (QED) is 0.522. The van der Waals surface area contributed by atoms with Crippen LogP contribution in [-0.2, 0) is 32.0 Å². The van der Waals surface area contributed by atoms with E-state index in [0.717, 1.165) is 13.0 Å². The average molecular weight is 422 g/mol. The summed E-state index contributed by atoms with van der Waals surface area (Å²) in [7, 11) is 0. The van der Waals surface area contributed by atoms with Gasteiger partial charge in [0.05, 0.1) is 5.41 Å². The average Bonchev–Trinajstić information content (AvgIpc) is 3.10. The van der Waals surface area contributed by atoms with Crippen molar-refractivity contribution >= 4 is 34.9 Å². The summed E-state index contributed by atoms with van der Waals surface area (Å²) in [4.78, 5) is 28.3. The Morgan fingerprint density at radius 3 is 2.68 bits per heavy atom. The van der Waals surface area contributed by atoms with Crippen LogP contribution < -0.4 is 0 Å². The molecule has 1 aromatic heterocycles. The summed E-state index contributed by atoms with van der Waals surface area (Å²) in [5.74, 6) is -0.899. The summed E-state index contributed by atoms with van der Waals surface area (Å²) in [6.45, 7) is 6.20. The standard InChI is InChI=1S/C21H24ClNO4S/c1-21(2,3)20(25)27-13-26-19(24)18(15-6-4-5-7-16(15)22)23-10-8-17-14(12-23)9-11-28-17/h4-7,9,11,18H,8,10,12-13H2,1-3H3/t18-/m0/s1. The van der Waals surface area contributed by atoms with Crippen molar-refractivity contribution in [1.82, 2.24) is 4.90 Å². The van der Waals surface area contributed by atoms with Gasteiger partial charge in [0, 0.05) is 23.0 Å². The number of hydrogen-bond donors (Lipinski definition) is 0. The van der Waals surface area contributed by atoms with Gasteiger partial charge in [-0.1, -0.05) is 29.8 Å². The van der Waals surface area contributed by atoms with E-state index in [1.807, 2.05) is 18.2 Å². The third kappa shape index (κ3) is 4.74. The molecule has 5 nitrogen and oxygen atoms in total. The highest BCUT2D eigenvalue weighted by Crippen LogP contribution is 2.34. The van der Waals surface area contributed by atoms with Crippen LogP contribution >= 0.6 is 22.9 Å². The van der Waals surface area contributed by atoms with Crippen molar-refractivity contribution in [2.24, 2.45) is 5.41 Å². The second-order valence-corrected chi connectivity index (χ2v) is 9.18. The molecule has 2 aromatic rings. The molecule has 0 N–H and O–H groups in total. The first-order valence-corrected chi connectivity index (χ1v) is 10.4. The molecular formula is C21H24ClNO4S. The first kappa shape index (κ1) is 20.8. The molecule has 0 fully saturated rings. The van der Waals surface area contributed by atoms with Gasteiger partial charge in [0.25, 0.3) is 0 Å². The number of rotatable bonds is 5. The fourth-order valence-corrected chi connectivity index (χ4v) is 4.23. The molecule has 0 radical (unpaired) electrons. The smallest absolute Gasteiger partial charge is 0.330 e. The number of carbonyl (C=O) groups excluding carboxylic acids is 2. The normalized spacial score (nSPS) is 15.6. The fourth-order valence-electron chi connectivity index (χ4n) is 3.10. The van der Waals surface area contributed by atoms with E-state index in [9.17, 15) is 9.59 Å². The molecule has 28 heavy (non-hydrogen) atoms. The largest absolute Gasteiger partial charge is 0.427 e. The van der Waals surface area contributed by atoms with Crippen molar-refractivity contribution in [2.45, 2.75) is 39.8 Å². The molecule has 0 unspecified atom stereocenters. The number of ether oxygens (including phenoxy) is 2. The van der Waals surface area contributed by atoms with E-state index >= 15 is 0 Å². The summed E-state index contributed by atoms with van der Waals surface area (Å²) in [6.07, 6.45) is 0.875. The van der Waals surface area contributed by atoms with Gasteiger partial charge in [-0.05, 0) is 55.8 Å². The predicted octanol–water partition coefficient (Wildman–Crippen LogP) is 4.59. The maximum Gasteiger partial charge on any atom is 0.330 e. The Morgan fingerprint density at radius 1 is 1.21 bits per heavy atom. The zero-order valence-corrected chi connectivity index (χ0v) is 17.8. The number of thiophene rings is 1. The predicted molar refractivity (Wildman–Crippen MR) is 109 cm³/mol. The number of nitrogens with zero attached hydrogens (tertiary/aromatic N) is 1. The third-order valence-electron chi connectivity index (χ3n) is 4.63. The van der Waals surface area contributed by atoms with E-state index in [0.29, 0.717) is 17.1 Å². The molecule has 1 atom stereocenters. The zero-order valence-electron chi connectivity index (χ0n) is 16.2. The summed E-state index contributed by atoms with van der Waals surface area (Å²) in [5, 5.41) is 2.58. The first-order chi connectivity index (χ1) is 13.3. The van der Waals surface area contributed by atoms with Crippen LogP contribution in [0.3, 0.4) is 0 Å². The second-order valence-electron chi connectivity index (χ2n) is 7.78. The topological polar surface area (TPSA) is 55.8 Å². The van der Waals surface area contributed by atoms with Crippen molar-refractivity contribution < 1.29 is 19.1 Å². The van der Waals surface area contributed by atoms with Gasteiger partial charge >= 0.3 is 11.9 Å². The highest BCUT2D eigenvalue weighted by molar-refractivity contribution is 7.10. The van der Waals surface area contributed by atoms with E-state index in [1.165, 1.54) is 10.4 Å². The molecule has 1 aliphatic rings. The van der Waals surface area contributed by atoms with Crippen LogP contribution in [0.5, 0.6) is 0 Å². The summed E-state index contributed by atoms with van der Waals surface area (Å²) < 4.78 is 10.4. The molecule has 1 aliphatic heterocycles. The van der Waals surface area contributed by atoms with Gasteiger partial charge in [-0.3, -0.25) is 9.69 Å². The molecular weight excluding hydrogens is 398 g/mol. The Kier molecular flexibility index (Phi) is 6.43. The number of hydrogen-bond acceptors (Lipinski definition) is 6. The summed E-state index contributed by atoms with van der Waals surface area (Å²) in [6, 6.07) is 8.70. The van der Waals surface area contributed by atoms with E-state index < -0.39 is 30.2 Å². The summed E-state index contributed by atoms with van der Waals surface area (Å²) in [5.41, 5.74) is 1.26. The van der Waals surface area contributed by atoms with E-state index in [1.54, 1.807) is 38.2 Å². The maximum absolute atomic E-state index is 13.0. The van der Waals surface area contributed by atoms with E-state index in [2.05, 4.69) is 16.3 Å². The Labute approximate surface area is 174 Å². The van der Waals surface area contributed by atoms with Crippen LogP contribution in [0.25, 0.3) is 0 Å². The van der Waals surface area contributed by atoms with Crippen molar-refractivity contribution in [3.8, 4) is 0 Å². The molecule has 150 valence electrons. The number of benzene rings is 1. The van der Waals surface area contributed by atoms with Crippen LogP contribution in [0, 0.1) is 5.41 Å². The molecule has 0 spiro atoms. The number of fused-ring (bicyclic) bond motifs is 1. The molecule has 0 bridgehead atoms. The zero-order chi connectivity index (χ0) is 20.3. The lowest BCUT2D eigenvalue weighted by Crippen LogP contribution is -2.39. The monoisotopic (exact) mass is 421 g/mol. The van der Waals surface area contributed by atoms with Crippen LogP contribution in [0.4, 0.5) is 0 Å². The Hall–Kier alpha value is -1.89. The second kappa shape index (κ2) is 8.64. The van der Waals surface area contributed by atoms with E-state index in [-0.39, 0.29) is 0 Å². The maximum atomic E-state index is 13.0. The first-order valence-electron chi connectivity index (χ1n) is 9.15. The fraction of sp³-hybridized carbons (Fsp3) is 0.429. The number of esters is 2. The van der Waals surface area contributed by atoms with E-state index in [4.69, 9.17) is 21.1 Å². The Balaban J connectivity index is 1.76.